The summed E-state index contributed by atoms with van der Waals surface area (Å²) in [7, 11) is 4.67. The van der Waals surface area contributed by atoms with E-state index in [0.717, 1.165) is 12.0 Å². The number of likely N-dealkylation sites (tertiary alicyclic amines) is 1. The number of amides is 2. The predicted octanol–water partition coefficient (Wildman–Crippen LogP) is 2.20. The molecule has 34 heavy (non-hydrogen) atoms. The van der Waals surface area contributed by atoms with Crippen molar-refractivity contribution < 1.29 is 23.9 Å². The van der Waals surface area contributed by atoms with Gasteiger partial charge in [0.15, 0.2) is 5.78 Å². The van der Waals surface area contributed by atoms with Crippen LogP contribution in [-0.4, -0.2) is 79.2 Å². The van der Waals surface area contributed by atoms with Crippen molar-refractivity contribution in [3.8, 4) is 0 Å². The highest BCUT2D eigenvalue weighted by atomic mass is 16.5. The molecule has 1 aromatic carbocycles. The fourth-order valence-electron chi connectivity index (χ4n) is 4.56. The van der Waals surface area contributed by atoms with E-state index in [4.69, 9.17) is 4.74 Å². The molecule has 1 N–H and O–H groups in total. The first kappa shape index (κ1) is 27.5. The summed E-state index contributed by atoms with van der Waals surface area (Å²) in [4.78, 5) is 54.6. The number of methoxy groups -OCH3 is 1. The van der Waals surface area contributed by atoms with Crippen LogP contribution in [0.15, 0.2) is 30.3 Å². The summed E-state index contributed by atoms with van der Waals surface area (Å²) in [6.45, 7) is 4.49. The first-order valence-corrected chi connectivity index (χ1v) is 12.1. The zero-order chi connectivity index (χ0) is 25.3. The molecule has 0 radical (unpaired) electrons. The molecule has 0 bridgehead atoms. The summed E-state index contributed by atoms with van der Waals surface area (Å²) < 4.78 is 4.89. The summed E-state index contributed by atoms with van der Waals surface area (Å²) in [5, 5.41) is 3.06. The second-order valence-corrected chi connectivity index (χ2v) is 9.04. The van der Waals surface area contributed by atoms with E-state index in [1.807, 2.05) is 44.2 Å². The number of carbonyl (C=O) groups excluding carboxylic acids is 4. The first-order chi connectivity index (χ1) is 16.2. The number of hydrogen-bond donors (Lipinski definition) is 1. The van der Waals surface area contributed by atoms with Crippen molar-refractivity contribution in [3.05, 3.63) is 35.9 Å². The highest BCUT2D eigenvalue weighted by Crippen LogP contribution is 2.22. The Bertz CT molecular complexity index is 844. The molecule has 1 aliphatic rings. The van der Waals surface area contributed by atoms with Crippen LogP contribution in [0.25, 0.3) is 0 Å². The molecule has 2 rings (SSSR count). The van der Waals surface area contributed by atoms with Crippen molar-refractivity contribution in [1.29, 1.82) is 0 Å². The van der Waals surface area contributed by atoms with Gasteiger partial charge in [-0.1, -0.05) is 50.6 Å². The lowest BCUT2D eigenvalue weighted by molar-refractivity contribution is -0.154. The monoisotopic (exact) mass is 473 g/mol. The lowest BCUT2D eigenvalue weighted by Gasteiger charge is -2.33. The molecule has 0 spiro atoms. The number of ether oxygens (including phenoxy) is 1. The zero-order valence-electron chi connectivity index (χ0n) is 21.1. The number of esters is 1. The summed E-state index contributed by atoms with van der Waals surface area (Å²) in [6.07, 6.45) is 2.57. The van der Waals surface area contributed by atoms with Crippen molar-refractivity contribution >= 4 is 23.6 Å². The van der Waals surface area contributed by atoms with Gasteiger partial charge in [0.2, 0.25) is 11.8 Å². The van der Waals surface area contributed by atoms with Crippen LogP contribution in [0, 0.1) is 5.92 Å². The lowest BCUT2D eigenvalue weighted by atomic mass is 9.93. The number of likely N-dealkylation sites (N-methyl/N-ethyl adjacent to an activating group) is 2. The molecule has 2 amide bonds. The van der Waals surface area contributed by atoms with E-state index in [0.29, 0.717) is 25.8 Å². The van der Waals surface area contributed by atoms with Crippen molar-refractivity contribution in [2.45, 2.75) is 70.5 Å². The highest BCUT2D eigenvalue weighted by Gasteiger charge is 2.40. The van der Waals surface area contributed by atoms with E-state index in [2.05, 4.69) is 5.32 Å². The Morgan fingerprint density at radius 3 is 2.44 bits per heavy atom. The maximum Gasteiger partial charge on any atom is 0.328 e. The van der Waals surface area contributed by atoms with Crippen molar-refractivity contribution in [2.75, 3.05) is 27.7 Å². The van der Waals surface area contributed by atoms with Crippen molar-refractivity contribution in [1.82, 2.24) is 15.1 Å². The maximum absolute atomic E-state index is 13.6. The molecule has 1 fully saturated rings. The Morgan fingerprint density at radius 1 is 1.18 bits per heavy atom. The van der Waals surface area contributed by atoms with Gasteiger partial charge in [-0.2, -0.15) is 0 Å². The van der Waals surface area contributed by atoms with Crippen LogP contribution in [0.3, 0.4) is 0 Å². The van der Waals surface area contributed by atoms with Crippen LogP contribution >= 0.6 is 0 Å². The SMILES string of the molecule is CC[C@H](C)C(NC)C(=O)CCC(=O)N(C)[C@H](Cc1ccccc1)C(=O)N1CCC[C@H]1C(=O)OC. The Morgan fingerprint density at radius 2 is 1.85 bits per heavy atom. The second kappa shape index (κ2) is 13.2. The molecule has 188 valence electrons. The molecular formula is C26H39N3O5. The number of benzene rings is 1. The molecule has 0 aliphatic carbocycles. The normalized spacial score (nSPS) is 18.1. The fraction of sp³-hybridized carbons (Fsp3) is 0.615. The van der Waals surface area contributed by atoms with Gasteiger partial charge >= 0.3 is 5.97 Å². The predicted molar refractivity (Wildman–Crippen MR) is 130 cm³/mol. The lowest BCUT2D eigenvalue weighted by Crippen LogP contribution is -2.53. The average Bonchev–Trinajstić information content (AvgIpc) is 3.35. The number of hydrogen-bond acceptors (Lipinski definition) is 6. The highest BCUT2D eigenvalue weighted by molar-refractivity contribution is 5.93. The zero-order valence-corrected chi connectivity index (χ0v) is 21.1. The van der Waals surface area contributed by atoms with Gasteiger partial charge in [-0.25, -0.2) is 4.79 Å². The van der Waals surface area contributed by atoms with Crippen LogP contribution in [0.5, 0.6) is 0 Å². The molecule has 0 saturated carbocycles. The largest absolute Gasteiger partial charge is 0.467 e. The minimum absolute atomic E-state index is 0.00478. The second-order valence-electron chi connectivity index (χ2n) is 9.04. The van der Waals surface area contributed by atoms with Crippen LogP contribution in [0.4, 0.5) is 0 Å². The smallest absolute Gasteiger partial charge is 0.328 e. The van der Waals surface area contributed by atoms with E-state index in [1.165, 1.54) is 16.9 Å². The van der Waals surface area contributed by atoms with Gasteiger partial charge in [0.25, 0.3) is 0 Å². The molecule has 8 heteroatoms. The molecule has 1 aliphatic heterocycles. The Hall–Kier alpha value is -2.74. The topological polar surface area (TPSA) is 96.0 Å². The number of nitrogens with one attached hydrogen (secondary N) is 1. The standard InChI is InChI=1S/C26H39N3O5/c1-6-18(2)24(27-3)22(30)14-15-23(31)28(4)21(17-19-11-8-7-9-12-19)25(32)29-16-10-13-20(29)26(33)34-5/h7-9,11-12,18,20-21,24,27H,6,10,13-17H2,1-5H3/t18-,20-,21+,24?/m0/s1. The van der Waals surface area contributed by atoms with Crippen LogP contribution in [0.1, 0.15) is 51.5 Å². The van der Waals surface area contributed by atoms with Crippen LogP contribution in [0.2, 0.25) is 0 Å². The maximum atomic E-state index is 13.6. The third-order valence-electron chi connectivity index (χ3n) is 6.88. The Balaban J connectivity index is 2.18. The van der Waals surface area contributed by atoms with Gasteiger partial charge in [0, 0.05) is 32.9 Å². The quantitative estimate of drug-likeness (QED) is 0.468. The van der Waals surface area contributed by atoms with Gasteiger partial charge in [0.1, 0.15) is 12.1 Å². The Labute approximate surface area is 203 Å². The molecule has 1 heterocycles. The van der Waals surface area contributed by atoms with Crippen LogP contribution in [-0.2, 0) is 30.3 Å². The van der Waals surface area contributed by atoms with E-state index in [9.17, 15) is 19.2 Å². The number of Topliss-reactive ketones (excluding diaryl/α,β-unsaturated/α-hetero) is 1. The van der Waals surface area contributed by atoms with Gasteiger partial charge in [0.05, 0.1) is 13.2 Å². The molecule has 8 nitrogen and oxygen atoms in total. The number of rotatable bonds is 12. The number of nitrogens with zero attached hydrogens (tertiary/aromatic N) is 2. The Kier molecular flexibility index (Phi) is 10.7. The van der Waals surface area contributed by atoms with Crippen molar-refractivity contribution in [3.63, 3.8) is 0 Å². The van der Waals surface area contributed by atoms with Crippen LogP contribution < -0.4 is 5.32 Å². The minimum atomic E-state index is -0.773. The average molecular weight is 474 g/mol. The van der Waals surface area contributed by atoms with Gasteiger partial charge < -0.3 is 19.9 Å². The van der Waals surface area contributed by atoms with E-state index >= 15 is 0 Å². The summed E-state index contributed by atoms with van der Waals surface area (Å²) >= 11 is 0. The first-order valence-electron chi connectivity index (χ1n) is 12.1. The molecule has 1 aromatic rings. The van der Waals surface area contributed by atoms with Crippen molar-refractivity contribution in [2.24, 2.45) is 5.92 Å². The number of ketones is 1. The summed E-state index contributed by atoms with van der Waals surface area (Å²) in [5.41, 5.74) is 0.914. The minimum Gasteiger partial charge on any atom is -0.467 e. The van der Waals surface area contributed by atoms with E-state index < -0.39 is 18.1 Å². The van der Waals surface area contributed by atoms with E-state index in [-0.39, 0.29) is 42.4 Å². The van der Waals surface area contributed by atoms with Gasteiger partial charge in [-0.15, -0.1) is 0 Å². The molecule has 0 aromatic heterocycles. The molecule has 4 atom stereocenters. The summed E-state index contributed by atoms with van der Waals surface area (Å²) in [5.74, 6) is -0.813. The van der Waals surface area contributed by atoms with Gasteiger partial charge in [-0.05, 0) is 31.4 Å². The third-order valence-corrected chi connectivity index (χ3v) is 6.88. The van der Waals surface area contributed by atoms with Gasteiger partial charge in [-0.3, -0.25) is 14.4 Å². The molecular weight excluding hydrogens is 434 g/mol. The third kappa shape index (κ3) is 6.88. The van der Waals surface area contributed by atoms with E-state index in [1.54, 1.807) is 14.1 Å². The fourth-order valence-corrected chi connectivity index (χ4v) is 4.56. The summed E-state index contributed by atoms with van der Waals surface area (Å²) in [6, 6.07) is 7.78. The number of carbonyl (C=O) groups is 4. The molecule has 1 unspecified atom stereocenters. The molecule has 1 saturated heterocycles.